The van der Waals surface area contributed by atoms with E-state index in [1.807, 2.05) is 24.3 Å². The molecule has 0 bridgehead atoms. The van der Waals surface area contributed by atoms with E-state index in [-0.39, 0.29) is 0 Å². The minimum atomic E-state index is 0.428. The summed E-state index contributed by atoms with van der Waals surface area (Å²) in [5.74, 6) is 1.87. The summed E-state index contributed by atoms with van der Waals surface area (Å²) in [6, 6.07) is 8.51. The number of rotatable bonds is 1. The molecule has 3 heterocycles. The van der Waals surface area contributed by atoms with Crippen LogP contribution in [0.1, 0.15) is 25.5 Å². The maximum atomic E-state index is 5.51. The molecule has 0 atom stereocenters. The Morgan fingerprint density at radius 2 is 2.18 bits per heavy atom. The lowest BCUT2D eigenvalue weighted by Crippen LogP contribution is -2.05. The fraction of sp³-hybridized carbons (Fsp3) is 0.250. The predicted molar refractivity (Wildman–Crippen MR) is 89.1 cm³/mol. The summed E-state index contributed by atoms with van der Waals surface area (Å²) in [4.78, 5) is 5.05. The minimum absolute atomic E-state index is 0.428. The van der Waals surface area contributed by atoms with Gasteiger partial charge in [0.05, 0.1) is 17.8 Å². The fourth-order valence-electron chi connectivity index (χ4n) is 2.13. The van der Waals surface area contributed by atoms with Gasteiger partial charge in [0.2, 0.25) is 0 Å². The molecule has 0 unspecified atom stereocenters. The highest BCUT2D eigenvalue weighted by molar-refractivity contribution is 8.03. The normalized spacial score (nSPS) is 15.2. The maximum Gasteiger partial charge on any atom is 0.137 e. The number of fused-ring (bicyclic) bond motifs is 2. The molecule has 114 valence electrons. The van der Waals surface area contributed by atoms with Crippen molar-refractivity contribution in [2.45, 2.75) is 19.9 Å². The summed E-state index contributed by atoms with van der Waals surface area (Å²) < 4.78 is 7.31. The zero-order valence-corrected chi connectivity index (χ0v) is 13.4. The van der Waals surface area contributed by atoms with E-state index < -0.39 is 0 Å². The molecule has 2 aromatic rings. The number of ether oxygens (including phenoxy) is 1. The molecule has 1 aromatic carbocycles. The number of hydrogen-bond donors (Lipinski definition) is 1. The second-order valence-corrected chi connectivity index (χ2v) is 6.11. The Balaban J connectivity index is 0.000000154. The first-order valence-electron chi connectivity index (χ1n) is 7.13. The molecule has 1 aromatic heterocycles. The van der Waals surface area contributed by atoms with Crippen molar-refractivity contribution in [1.29, 1.82) is 0 Å². The van der Waals surface area contributed by atoms with Gasteiger partial charge in [-0.15, -0.1) is 11.8 Å². The summed E-state index contributed by atoms with van der Waals surface area (Å²) in [6.45, 7) is 4.13. The van der Waals surface area contributed by atoms with Crippen molar-refractivity contribution < 1.29 is 4.74 Å². The topological polar surface area (TPSA) is 52.0 Å². The van der Waals surface area contributed by atoms with Gasteiger partial charge in [0.1, 0.15) is 18.4 Å². The molecule has 1 N–H and O–H groups in total. The molecule has 0 amide bonds. The Bertz CT molecular complexity index is 692. The number of nitrogens with one attached hydrogen (secondary N) is 1. The van der Waals surface area contributed by atoms with Gasteiger partial charge < -0.3 is 10.1 Å². The highest BCUT2D eigenvalue weighted by Crippen LogP contribution is 2.37. The highest BCUT2D eigenvalue weighted by atomic mass is 32.2. The molecule has 6 heteroatoms. The molecule has 0 radical (unpaired) electrons. The van der Waals surface area contributed by atoms with Crippen LogP contribution in [0.5, 0.6) is 5.75 Å². The first-order chi connectivity index (χ1) is 10.8. The van der Waals surface area contributed by atoms with Crippen molar-refractivity contribution in [2.75, 3.05) is 5.88 Å². The molecule has 0 aliphatic carbocycles. The number of nitrogens with zero attached hydrogens (tertiary/aromatic N) is 3. The fourth-order valence-corrected chi connectivity index (χ4v) is 2.98. The van der Waals surface area contributed by atoms with E-state index in [1.54, 1.807) is 35.4 Å². The van der Waals surface area contributed by atoms with Crippen LogP contribution in [0.4, 0.5) is 0 Å². The summed E-state index contributed by atoms with van der Waals surface area (Å²) in [5.41, 5.74) is 2.34. The van der Waals surface area contributed by atoms with E-state index in [2.05, 4.69) is 35.3 Å². The van der Waals surface area contributed by atoms with Crippen LogP contribution in [0, 0.1) is 0 Å². The smallest absolute Gasteiger partial charge is 0.137 e. The summed E-state index contributed by atoms with van der Waals surface area (Å²) in [5, 5.41) is 7.29. The Kier molecular flexibility index (Phi) is 4.48. The number of benzene rings is 1. The Hall–Kier alpha value is -2.21. The Morgan fingerprint density at radius 1 is 1.32 bits per heavy atom. The van der Waals surface area contributed by atoms with Gasteiger partial charge in [0.25, 0.3) is 0 Å². The van der Waals surface area contributed by atoms with Gasteiger partial charge in [-0.05, 0) is 32.1 Å². The summed E-state index contributed by atoms with van der Waals surface area (Å²) >= 11 is 1.80. The molecular formula is C16H18N4OS. The average Bonchev–Trinajstić information content (AvgIpc) is 3.18. The zero-order valence-electron chi connectivity index (χ0n) is 12.6. The van der Waals surface area contributed by atoms with Crippen LogP contribution in [-0.2, 0) is 0 Å². The molecule has 0 spiro atoms. The zero-order chi connectivity index (χ0) is 15.4. The van der Waals surface area contributed by atoms with E-state index in [4.69, 9.17) is 4.74 Å². The van der Waals surface area contributed by atoms with Crippen LogP contribution in [0.25, 0.3) is 5.70 Å². The van der Waals surface area contributed by atoms with Crippen molar-refractivity contribution in [2.24, 2.45) is 0 Å². The molecule has 22 heavy (non-hydrogen) atoms. The first kappa shape index (κ1) is 14.7. The van der Waals surface area contributed by atoms with E-state index in [0.717, 1.165) is 17.2 Å². The number of allylic oxidation sites excluding steroid dienone is 1. The van der Waals surface area contributed by atoms with Gasteiger partial charge in [0, 0.05) is 16.5 Å². The monoisotopic (exact) mass is 314 g/mol. The molecule has 0 saturated heterocycles. The van der Waals surface area contributed by atoms with E-state index in [0.29, 0.717) is 6.04 Å². The van der Waals surface area contributed by atoms with Crippen LogP contribution in [0.3, 0.4) is 0 Å². The lowest BCUT2D eigenvalue weighted by molar-refractivity contribution is 0.480. The lowest BCUT2D eigenvalue weighted by atomic mass is 10.1. The van der Waals surface area contributed by atoms with Crippen LogP contribution in [0.15, 0.2) is 54.2 Å². The summed E-state index contributed by atoms with van der Waals surface area (Å²) in [6.07, 6.45) is 7.02. The van der Waals surface area contributed by atoms with Crippen molar-refractivity contribution in [3.63, 3.8) is 0 Å². The van der Waals surface area contributed by atoms with Crippen molar-refractivity contribution >= 4 is 17.5 Å². The molecule has 0 saturated carbocycles. The number of thioether (sulfide) groups is 1. The third-order valence-electron chi connectivity index (χ3n) is 3.26. The standard InChI is InChI=1S/C11H9NOS.C5H9N3/c1-2-4-9-8(3-1)11-10(5-6-13-9)14-7-12-11;1-5(2)8-4-6-3-7-8/h1-6,12H,7H2;3-5H,1-2H3. The van der Waals surface area contributed by atoms with E-state index >= 15 is 0 Å². The quantitative estimate of drug-likeness (QED) is 0.874. The van der Waals surface area contributed by atoms with Gasteiger partial charge in [0.15, 0.2) is 0 Å². The molecular weight excluding hydrogens is 296 g/mol. The van der Waals surface area contributed by atoms with Crippen LogP contribution >= 0.6 is 11.8 Å². The van der Waals surface area contributed by atoms with Gasteiger partial charge in [-0.2, -0.15) is 5.10 Å². The van der Waals surface area contributed by atoms with Crippen LogP contribution in [-0.4, -0.2) is 20.6 Å². The van der Waals surface area contributed by atoms with E-state index in [9.17, 15) is 0 Å². The van der Waals surface area contributed by atoms with Crippen molar-refractivity contribution in [3.05, 3.63) is 59.7 Å². The molecule has 5 nitrogen and oxygen atoms in total. The minimum Gasteiger partial charge on any atom is -0.464 e. The number of hydrogen-bond acceptors (Lipinski definition) is 5. The Labute approximate surface area is 134 Å². The number of aromatic nitrogens is 3. The first-order valence-corrected chi connectivity index (χ1v) is 8.12. The van der Waals surface area contributed by atoms with Crippen LogP contribution in [0.2, 0.25) is 0 Å². The third kappa shape index (κ3) is 3.17. The van der Waals surface area contributed by atoms with Crippen LogP contribution < -0.4 is 10.1 Å². The largest absolute Gasteiger partial charge is 0.464 e. The predicted octanol–water partition coefficient (Wildman–Crippen LogP) is 3.41. The molecule has 0 fully saturated rings. The SMILES string of the molecule is C1=CC2=C(NCS2)c2ccccc2O1.CC(C)n1cncn1. The van der Waals surface area contributed by atoms with Gasteiger partial charge in [-0.3, -0.25) is 4.68 Å². The average molecular weight is 314 g/mol. The van der Waals surface area contributed by atoms with Gasteiger partial charge in [-0.25, -0.2) is 4.98 Å². The van der Waals surface area contributed by atoms with Crippen molar-refractivity contribution in [3.8, 4) is 5.75 Å². The van der Waals surface area contributed by atoms with Gasteiger partial charge >= 0.3 is 0 Å². The van der Waals surface area contributed by atoms with Crippen molar-refractivity contribution in [1.82, 2.24) is 20.1 Å². The van der Waals surface area contributed by atoms with E-state index in [1.165, 1.54) is 10.6 Å². The van der Waals surface area contributed by atoms with Gasteiger partial charge in [-0.1, -0.05) is 12.1 Å². The third-order valence-corrected chi connectivity index (χ3v) is 4.20. The highest BCUT2D eigenvalue weighted by Gasteiger charge is 2.19. The second-order valence-electron chi connectivity index (χ2n) is 5.09. The lowest BCUT2D eigenvalue weighted by Gasteiger charge is -2.07. The Morgan fingerprint density at radius 3 is 2.91 bits per heavy atom. The maximum absolute atomic E-state index is 5.51. The summed E-state index contributed by atoms with van der Waals surface area (Å²) in [7, 11) is 0. The molecule has 2 aliphatic rings. The number of para-hydroxylation sites is 1. The molecule has 4 rings (SSSR count). The molecule has 2 aliphatic heterocycles. The second kappa shape index (κ2) is 6.70.